The van der Waals surface area contributed by atoms with E-state index in [9.17, 15) is 9.90 Å². The Bertz CT molecular complexity index is 1100. The molecule has 2 aromatic heterocycles. The Morgan fingerprint density at radius 1 is 1.08 bits per heavy atom. The molecule has 4 aromatic rings. The number of hydrogen-bond acceptors (Lipinski definition) is 5. The molecule has 0 saturated heterocycles. The molecule has 0 saturated carbocycles. The number of halogens is 1. The molecule has 0 unspecified atom stereocenters. The lowest BCUT2D eigenvalue weighted by Crippen LogP contribution is -2.02. The van der Waals surface area contributed by atoms with Gasteiger partial charge in [-0.25, -0.2) is 9.78 Å². The van der Waals surface area contributed by atoms with E-state index in [0.717, 1.165) is 16.6 Å². The van der Waals surface area contributed by atoms with E-state index in [1.165, 1.54) is 11.3 Å². The molecule has 0 amide bonds. The highest BCUT2D eigenvalue weighted by Crippen LogP contribution is 2.30. The van der Waals surface area contributed by atoms with Crippen molar-refractivity contribution in [1.29, 1.82) is 0 Å². The Morgan fingerprint density at radius 2 is 1.88 bits per heavy atom. The molecule has 6 heteroatoms. The van der Waals surface area contributed by atoms with Crippen LogP contribution in [0.4, 0.5) is 0 Å². The number of aromatic nitrogens is 1. The second-order valence-electron chi connectivity index (χ2n) is 5.21. The van der Waals surface area contributed by atoms with Gasteiger partial charge in [-0.2, -0.15) is 0 Å². The summed E-state index contributed by atoms with van der Waals surface area (Å²) in [6.45, 7) is 0. The second kappa shape index (κ2) is 5.78. The third-order valence-electron chi connectivity index (χ3n) is 3.60. The zero-order valence-electron chi connectivity index (χ0n) is 12.2. The lowest BCUT2D eigenvalue weighted by Gasteiger charge is -2.00. The van der Waals surface area contributed by atoms with Gasteiger partial charge in [0.05, 0.1) is 11.3 Å². The Labute approximate surface area is 145 Å². The Hall–Kier alpha value is -2.63. The molecule has 0 spiro atoms. The predicted molar refractivity (Wildman–Crippen MR) is 95.7 cm³/mol. The summed E-state index contributed by atoms with van der Waals surface area (Å²) >= 11 is 7.29. The number of fused-ring (bicyclic) bond motifs is 1. The fourth-order valence-electron chi connectivity index (χ4n) is 2.40. The molecule has 0 fully saturated rings. The monoisotopic (exact) mass is 355 g/mol. The maximum atomic E-state index is 12.3. The largest absolute Gasteiger partial charge is 0.508 e. The lowest BCUT2D eigenvalue weighted by molar-refractivity contribution is 0.475. The molecule has 0 aliphatic heterocycles. The fourth-order valence-corrected chi connectivity index (χ4v) is 3.39. The maximum Gasteiger partial charge on any atom is 0.346 e. The first-order valence-corrected chi connectivity index (χ1v) is 8.35. The van der Waals surface area contributed by atoms with Gasteiger partial charge in [-0.3, -0.25) is 0 Å². The highest BCUT2D eigenvalue weighted by Gasteiger charge is 2.13. The summed E-state index contributed by atoms with van der Waals surface area (Å²) in [6.07, 6.45) is 0. The predicted octanol–water partition coefficient (Wildman–Crippen LogP) is 4.94. The molecule has 4 nitrogen and oxygen atoms in total. The van der Waals surface area contributed by atoms with Crippen molar-refractivity contribution < 1.29 is 9.52 Å². The van der Waals surface area contributed by atoms with Crippen molar-refractivity contribution >= 4 is 33.9 Å². The number of rotatable bonds is 2. The molecule has 4 rings (SSSR count). The molecule has 118 valence electrons. The minimum absolute atomic E-state index is 0.197. The van der Waals surface area contributed by atoms with E-state index >= 15 is 0 Å². The number of thiazole rings is 1. The number of aromatic hydroxyl groups is 1. The topological polar surface area (TPSA) is 63.3 Å². The van der Waals surface area contributed by atoms with Gasteiger partial charge < -0.3 is 9.52 Å². The molecule has 0 aliphatic carbocycles. The molecule has 0 aliphatic rings. The van der Waals surface area contributed by atoms with Gasteiger partial charge in [-0.1, -0.05) is 11.6 Å². The summed E-state index contributed by atoms with van der Waals surface area (Å²) in [5.74, 6) is 0.197. The number of benzene rings is 2. The number of phenols is 1. The molecule has 0 radical (unpaired) electrons. The quantitative estimate of drug-likeness (QED) is 0.517. The molecule has 0 atom stereocenters. The summed E-state index contributed by atoms with van der Waals surface area (Å²) in [5.41, 5.74) is 2.03. The second-order valence-corrected chi connectivity index (χ2v) is 6.51. The summed E-state index contributed by atoms with van der Waals surface area (Å²) in [4.78, 5) is 16.8. The first kappa shape index (κ1) is 14.9. The summed E-state index contributed by atoms with van der Waals surface area (Å²) in [6, 6.07) is 13.7. The first-order valence-electron chi connectivity index (χ1n) is 7.09. The van der Waals surface area contributed by atoms with Crippen molar-refractivity contribution in [3.63, 3.8) is 0 Å². The van der Waals surface area contributed by atoms with Gasteiger partial charge in [-0.15, -0.1) is 11.3 Å². The van der Waals surface area contributed by atoms with Crippen LogP contribution in [-0.2, 0) is 0 Å². The van der Waals surface area contributed by atoms with E-state index in [1.54, 1.807) is 48.5 Å². The molecular weight excluding hydrogens is 346 g/mol. The van der Waals surface area contributed by atoms with Crippen molar-refractivity contribution in [2.75, 3.05) is 0 Å². The van der Waals surface area contributed by atoms with Crippen LogP contribution in [0.3, 0.4) is 0 Å². The average molecular weight is 356 g/mol. The van der Waals surface area contributed by atoms with Crippen LogP contribution < -0.4 is 5.63 Å². The van der Waals surface area contributed by atoms with Crippen LogP contribution >= 0.6 is 22.9 Å². The highest BCUT2D eigenvalue weighted by molar-refractivity contribution is 7.13. The van der Waals surface area contributed by atoms with Crippen molar-refractivity contribution in [2.24, 2.45) is 0 Å². The molecule has 0 bridgehead atoms. The smallest absolute Gasteiger partial charge is 0.346 e. The van der Waals surface area contributed by atoms with Crippen LogP contribution in [-0.4, -0.2) is 10.1 Å². The maximum absolute atomic E-state index is 12.3. The van der Waals surface area contributed by atoms with Crippen LogP contribution in [0.15, 0.2) is 63.1 Å². The van der Waals surface area contributed by atoms with Gasteiger partial charge in [0, 0.05) is 27.4 Å². The van der Waals surface area contributed by atoms with E-state index in [2.05, 4.69) is 4.98 Å². The number of phenolic OH excluding ortho intramolecular Hbond substituents is 1. The Kier molecular flexibility index (Phi) is 3.59. The molecule has 24 heavy (non-hydrogen) atoms. The van der Waals surface area contributed by atoms with Crippen LogP contribution in [0.2, 0.25) is 5.02 Å². The number of hydrogen-bond donors (Lipinski definition) is 1. The highest BCUT2D eigenvalue weighted by atomic mass is 35.5. The Morgan fingerprint density at radius 3 is 2.67 bits per heavy atom. The fraction of sp³-hybridized carbons (Fsp3) is 0. The van der Waals surface area contributed by atoms with Crippen molar-refractivity contribution in [2.45, 2.75) is 0 Å². The number of nitrogens with zero attached hydrogens (tertiary/aromatic N) is 1. The summed E-state index contributed by atoms with van der Waals surface area (Å²) < 4.78 is 5.35. The van der Waals surface area contributed by atoms with E-state index < -0.39 is 5.63 Å². The van der Waals surface area contributed by atoms with Gasteiger partial charge in [0.1, 0.15) is 16.3 Å². The Balaban J connectivity index is 1.80. The van der Waals surface area contributed by atoms with Gasteiger partial charge in [0.15, 0.2) is 0 Å². The van der Waals surface area contributed by atoms with Crippen LogP contribution in [0.25, 0.3) is 32.8 Å². The molecule has 2 heterocycles. The van der Waals surface area contributed by atoms with E-state index in [0.29, 0.717) is 21.2 Å². The SMILES string of the molecule is O=c1oc2cc(Cl)ccc2cc1-c1nc(-c2ccc(O)cc2)cs1. The lowest BCUT2D eigenvalue weighted by atomic mass is 10.1. The van der Waals surface area contributed by atoms with E-state index in [4.69, 9.17) is 16.0 Å². The molecule has 1 N–H and O–H groups in total. The third-order valence-corrected chi connectivity index (χ3v) is 4.71. The van der Waals surface area contributed by atoms with Crippen molar-refractivity contribution in [1.82, 2.24) is 4.98 Å². The standard InChI is InChI=1S/C18H10ClNO3S/c19-12-4-1-11-7-14(18(22)23-16(11)8-12)17-20-15(9-24-17)10-2-5-13(21)6-3-10/h1-9,21H. The van der Waals surface area contributed by atoms with Crippen molar-refractivity contribution in [3.05, 3.63) is 69.4 Å². The first-order chi connectivity index (χ1) is 11.6. The van der Waals surface area contributed by atoms with Crippen LogP contribution in [0.1, 0.15) is 0 Å². The summed E-state index contributed by atoms with van der Waals surface area (Å²) in [5, 5.41) is 13.1. The van der Waals surface area contributed by atoms with Crippen LogP contribution in [0.5, 0.6) is 5.75 Å². The van der Waals surface area contributed by atoms with Gasteiger partial charge >= 0.3 is 5.63 Å². The van der Waals surface area contributed by atoms with Gasteiger partial charge in [0.2, 0.25) is 0 Å². The minimum Gasteiger partial charge on any atom is -0.508 e. The van der Waals surface area contributed by atoms with E-state index in [-0.39, 0.29) is 5.75 Å². The molecular formula is C18H10ClNO3S. The average Bonchev–Trinajstić information content (AvgIpc) is 3.04. The zero-order valence-corrected chi connectivity index (χ0v) is 13.8. The molecule has 2 aromatic carbocycles. The van der Waals surface area contributed by atoms with Gasteiger partial charge in [0.25, 0.3) is 0 Å². The normalized spacial score (nSPS) is 11.0. The van der Waals surface area contributed by atoms with Crippen LogP contribution in [0, 0.1) is 0 Å². The van der Waals surface area contributed by atoms with Gasteiger partial charge in [-0.05, 0) is 42.5 Å². The minimum atomic E-state index is -0.448. The van der Waals surface area contributed by atoms with E-state index in [1.807, 2.05) is 5.38 Å². The summed E-state index contributed by atoms with van der Waals surface area (Å²) in [7, 11) is 0. The van der Waals surface area contributed by atoms with Crippen molar-refractivity contribution in [3.8, 4) is 27.6 Å². The zero-order chi connectivity index (χ0) is 16.7. The third kappa shape index (κ3) is 2.68.